The van der Waals surface area contributed by atoms with Crippen LogP contribution in [0.2, 0.25) is 0 Å². The molecular weight excluding hydrogens is 253 g/mol. The molecule has 0 radical (unpaired) electrons. The van der Waals surface area contributed by atoms with E-state index in [0.29, 0.717) is 0 Å². The maximum atomic E-state index is 13.8. The topological polar surface area (TPSA) is 29.1 Å². The molecule has 1 unspecified atom stereocenters. The quantitative estimate of drug-likeness (QED) is 0.900. The first-order valence-electron chi connectivity index (χ1n) is 6.61. The molecule has 0 bridgehead atoms. The van der Waals surface area contributed by atoms with Crippen molar-refractivity contribution in [3.63, 3.8) is 0 Å². The summed E-state index contributed by atoms with van der Waals surface area (Å²) in [7, 11) is 0. The van der Waals surface area contributed by atoms with Crippen LogP contribution in [0.4, 0.5) is 4.39 Å². The number of nitrogens with one attached hydrogen (secondary N) is 1. The molecule has 0 saturated heterocycles. The molecule has 2 aromatic rings. The molecule has 0 spiro atoms. The van der Waals surface area contributed by atoms with E-state index in [1.807, 2.05) is 38.1 Å². The Bertz CT molecular complexity index is 637. The molecule has 0 aliphatic carbocycles. The van der Waals surface area contributed by atoms with Gasteiger partial charge in [-0.05, 0) is 49.6 Å². The molecule has 2 nitrogen and oxygen atoms in total. The third-order valence-corrected chi connectivity index (χ3v) is 3.37. The maximum absolute atomic E-state index is 13.8. The van der Waals surface area contributed by atoms with Gasteiger partial charge in [0.05, 0.1) is 11.6 Å². The van der Waals surface area contributed by atoms with Crippen molar-refractivity contribution in [2.75, 3.05) is 0 Å². The number of hydrogen-bond donors (Lipinski definition) is 1. The highest BCUT2D eigenvalue weighted by atomic mass is 19.1. The first kappa shape index (κ1) is 14.3. The van der Waals surface area contributed by atoms with Gasteiger partial charge in [0.1, 0.15) is 5.82 Å². The highest BCUT2D eigenvalue weighted by molar-refractivity contribution is 5.94. The Balaban J connectivity index is 2.17. The maximum Gasteiger partial charge on any atom is 0.254 e. The van der Waals surface area contributed by atoms with Gasteiger partial charge in [-0.1, -0.05) is 30.3 Å². The molecule has 0 aliphatic heterocycles. The third-order valence-electron chi connectivity index (χ3n) is 3.37. The number of carbonyl (C=O) groups excluding carboxylic acids is 1. The smallest absolute Gasteiger partial charge is 0.254 e. The highest BCUT2D eigenvalue weighted by Gasteiger charge is 2.15. The van der Waals surface area contributed by atoms with E-state index in [9.17, 15) is 9.18 Å². The lowest BCUT2D eigenvalue weighted by atomic mass is 10.0. The molecular formula is C17H18FNO. The first-order valence-corrected chi connectivity index (χ1v) is 6.61. The minimum Gasteiger partial charge on any atom is -0.345 e. The molecule has 1 atom stereocenters. The largest absolute Gasteiger partial charge is 0.345 e. The summed E-state index contributed by atoms with van der Waals surface area (Å²) in [6.45, 7) is 5.68. The van der Waals surface area contributed by atoms with Crippen molar-refractivity contribution in [3.05, 3.63) is 70.5 Å². The summed E-state index contributed by atoms with van der Waals surface area (Å²) in [5.74, 6) is -0.877. The summed E-state index contributed by atoms with van der Waals surface area (Å²) in [4.78, 5) is 12.1. The number of benzene rings is 2. The van der Waals surface area contributed by atoms with Crippen molar-refractivity contribution < 1.29 is 9.18 Å². The van der Waals surface area contributed by atoms with Crippen molar-refractivity contribution in [2.45, 2.75) is 26.8 Å². The molecule has 1 amide bonds. The van der Waals surface area contributed by atoms with Gasteiger partial charge in [0, 0.05) is 0 Å². The first-order chi connectivity index (χ1) is 9.49. The van der Waals surface area contributed by atoms with Crippen LogP contribution in [0.1, 0.15) is 40.0 Å². The van der Waals surface area contributed by atoms with E-state index >= 15 is 0 Å². The average molecular weight is 271 g/mol. The fraction of sp³-hybridized carbons (Fsp3) is 0.235. The van der Waals surface area contributed by atoms with Crippen molar-refractivity contribution in [3.8, 4) is 0 Å². The van der Waals surface area contributed by atoms with Gasteiger partial charge < -0.3 is 5.32 Å². The summed E-state index contributed by atoms with van der Waals surface area (Å²) in [6, 6.07) is 12.3. The molecule has 104 valence electrons. The predicted octanol–water partition coefficient (Wildman–Crippen LogP) is 3.93. The number of rotatable bonds is 3. The molecule has 0 saturated carbocycles. The van der Waals surface area contributed by atoms with Crippen LogP contribution in [0.3, 0.4) is 0 Å². The third kappa shape index (κ3) is 3.05. The van der Waals surface area contributed by atoms with E-state index in [0.717, 1.165) is 16.7 Å². The van der Waals surface area contributed by atoms with Gasteiger partial charge >= 0.3 is 0 Å². The lowest BCUT2D eigenvalue weighted by molar-refractivity contribution is 0.0936. The molecule has 2 aromatic carbocycles. The number of hydrogen-bond acceptors (Lipinski definition) is 1. The number of carbonyl (C=O) groups is 1. The van der Waals surface area contributed by atoms with Crippen LogP contribution in [0.15, 0.2) is 42.5 Å². The molecule has 0 aliphatic rings. The second kappa shape index (κ2) is 5.87. The minimum atomic E-state index is -0.487. The zero-order valence-corrected chi connectivity index (χ0v) is 11.9. The Labute approximate surface area is 118 Å². The Kier molecular flexibility index (Phi) is 4.18. The number of amides is 1. The fourth-order valence-corrected chi connectivity index (χ4v) is 2.23. The van der Waals surface area contributed by atoms with Crippen molar-refractivity contribution >= 4 is 5.91 Å². The van der Waals surface area contributed by atoms with Crippen molar-refractivity contribution in [1.29, 1.82) is 0 Å². The van der Waals surface area contributed by atoms with Gasteiger partial charge in [0.15, 0.2) is 0 Å². The van der Waals surface area contributed by atoms with Gasteiger partial charge in [0.2, 0.25) is 0 Å². The van der Waals surface area contributed by atoms with Crippen LogP contribution in [-0.4, -0.2) is 5.91 Å². The summed E-state index contributed by atoms with van der Waals surface area (Å²) >= 11 is 0. The fourth-order valence-electron chi connectivity index (χ4n) is 2.23. The van der Waals surface area contributed by atoms with Crippen LogP contribution in [0, 0.1) is 19.7 Å². The van der Waals surface area contributed by atoms with E-state index in [1.54, 1.807) is 13.0 Å². The van der Waals surface area contributed by atoms with Gasteiger partial charge in [-0.2, -0.15) is 0 Å². The zero-order chi connectivity index (χ0) is 14.7. The Hall–Kier alpha value is -2.16. The van der Waals surface area contributed by atoms with Crippen LogP contribution in [0.5, 0.6) is 0 Å². The molecule has 3 heteroatoms. The number of aryl methyl sites for hydroxylation is 2. The standard InChI is InChI=1S/C17H18FNO/c1-11-8-9-15(16(18)10-11)17(20)19-13(3)14-7-5-4-6-12(14)2/h4-10,13H,1-3H3,(H,19,20). The lowest BCUT2D eigenvalue weighted by Gasteiger charge is -2.17. The van der Waals surface area contributed by atoms with Gasteiger partial charge in [-0.15, -0.1) is 0 Å². The van der Waals surface area contributed by atoms with Gasteiger partial charge in [0.25, 0.3) is 5.91 Å². The SMILES string of the molecule is Cc1ccc(C(=O)NC(C)c2ccccc2C)c(F)c1. The minimum absolute atomic E-state index is 0.0797. The van der Waals surface area contributed by atoms with Gasteiger partial charge in [-0.25, -0.2) is 4.39 Å². The molecule has 1 N–H and O–H groups in total. The van der Waals surface area contributed by atoms with Crippen LogP contribution in [-0.2, 0) is 0 Å². The van der Waals surface area contributed by atoms with Crippen molar-refractivity contribution in [1.82, 2.24) is 5.32 Å². The second-order valence-electron chi connectivity index (χ2n) is 5.04. The van der Waals surface area contributed by atoms with E-state index < -0.39 is 11.7 Å². The normalized spacial score (nSPS) is 12.0. The summed E-state index contributed by atoms with van der Waals surface area (Å²) < 4.78 is 13.8. The Morgan fingerprint density at radius 3 is 2.50 bits per heavy atom. The van der Waals surface area contributed by atoms with E-state index in [4.69, 9.17) is 0 Å². The Morgan fingerprint density at radius 1 is 1.15 bits per heavy atom. The molecule has 2 rings (SSSR count). The summed E-state index contributed by atoms with van der Waals surface area (Å²) in [6.07, 6.45) is 0. The number of halogens is 1. The van der Waals surface area contributed by atoms with E-state index in [-0.39, 0.29) is 11.6 Å². The van der Waals surface area contributed by atoms with E-state index in [2.05, 4.69) is 5.32 Å². The Morgan fingerprint density at radius 2 is 1.85 bits per heavy atom. The van der Waals surface area contributed by atoms with E-state index in [1.165, 1.54) is 12.1 Å². The molecule has 0 heterocycles. The highest BCUT2D eigenvalue weighted by Crippen LogP contribution is 2.18. The summed E-state index contributed by atoms with van der Waals surface area (Å²) in [5.41, 5.74) is 3.01. The second-order valence-corrected chi connectivity index (χ2v) is 5.04. The van der Waals surface area contributed by atoms with Crippen LogP contribution >= 0.6 is 0 Å². The van der Waals surface area contributed by atoms with Crippen LogP contribution < -0.4 is 5.32 Å². The molecule has 0 aromatic heterocycles. The summed E-state index contributed by atoms with van der Waals surface area (Å²) in [5, 5.41) is 2.83. The molecule has 20 heavy (non-hydrogen) atoms. The predicted molar refractivity (Wildman–Crippen MR) is 78.2 cm³/mol. The van der Waals surface area contributed by atoms with Gasteiger partial charge in [-0.3, -0.25) is 4.79 Å². The average Bonchev–Trinajstić information content (AvgIpc) is 2.38. The van der Waals surface area contributed by atoms with Crippen LogP contribution in [0.25, 0.3) is 0 Å². The lowest BCUT2D eigenvalue weighted by Crippen LogP contribution is -2.27. The molecule has 0 fully saturated rings. The zero-order valence-electron chi connectivity index (χ0n) is 11.9. The van der Waals surface area contributed by atoms with Crippen molar-refractivity contribution in [2.24, 2.45) is 0 Å². The monoisotopic (exact) mass is 271 g/mol.